The number of fused-ring (bicyclic) bond motifs is 2. The third kappa shape index (κ3) is 3.61. The summed E-state index contributed by atoms with van der Waals surface area (Å²) in [6.07, 6.45) is -1.55. The second-order valence-corrected chi connectivity index (χ2v) is 6.53. The smallest absolute Gasteiger partial charge is 0.349 e. The van der Waals surface area contributed by atoms with Crippen molar-refractivity contribution in [1.82, 2.24) is 19.5 Å². The number of aliphatic hydroxyl groups is 3. The molecule has 0 aliphatic carbocycles. The van der Waals surface area contributed by atoms with Gasteiger partial charge in [0.15, 0.2) is 11.5 Å². The molecule has 0 radical (unpaired) electrons. The third-order valence-electron chi connectivity index (χ3n) is 4.73. The molecule has 0 aromatic heterocycles. The molecule has 0 bridgehead atoms. The molecular formula is C18H22N4O5. The van der Waals surface area contributed by atoms with Crippen LogP contribution in [0.3, 0.4) is 0 Å². The molecule has 3 rings (SSSR count). The Kier molecular flexibility index (Phi) is 5.36. The van der Waals surface area contributed by atoms with Crippen LogP contribution in [0.4, 0.5) is 0 Å². The predicted octanol–water partition coefficient (Wildman–Crippen LogP) is -0.440. The van der Waals surface area contributed by atoms with Gasteiger partial charge >= 0.3 is 5.69 Å². The van der Waals surface area contributed by atoms with Crippen molar-refractivity contribution in [2.24, 2.45) is 0 Å². The molecule has 4 N–H and O–H groups in total. The number of hydrogen-bond donors (Lipinski definition) is 4. The normalized spacial score (nSPS) is 14.0. The maximum atomic E-state index is 12.2. The topological polar surface area (TPSA) is 141 Å². The van der Waals surface area contributed by atoms with E-state index in [-0.39, 0.29) is 24.5 Å². The summed E-state index contributed by atoms with van der Waals surface area (Å²) in [5, 5.41) is 28.6. The lowest BCUT2D eigenvalue weighted by Gasteiger charge is -2.21. The summed E-state index contributed by atoms with van der Waals surface area (Å²) in [7, 11) is 0. The lowest BCUT2D eigenvalue weighted by atomic mass is 10.0. The van der Waals surface area contributed by atoms with Crippen LogP contribution < -0.4 is 11.2 Å². The van der Waals surface area contributed by atoms with Crippen molar-refractivity contribution < 1.29 is 15.3 Å². The molecule has 144 valence electrons. The molecule has 9 heteroatoms. The number of rotatable bonds is 6. The van der Waals surface area contributed by atoms with E-state index < -0.39 is 30.1 Å². The number of aliphatic hydroxyl groups excluding tert-OH is 3. The van der Waals surface area contributed by atoms with E-state index in [1.807, 2.05) is 26.0 Å². The van der Waals surface area contributed by atoms with Crippen molar-refractivity contribution in [3.63, 3.8) is 0 Å². The highest BCUT2D eigenvalue weighted by molar-refractivity contribution is 5.81. The summed E-state index contributed by atoms with van der Waals surface area (Å²) in [6, 6.07) is 3.80. The minimum Gasteiger partial charge on any atom is -0.394 e. The van der Waals surface area contributed by atoms with Crippen LogP contribution in [-0.2, 0) is 13.0 Å². The number of nitrogens with zero attached hydrogens (tertiary/aromatic N) is 3. The van der Waals surface area contributed by atoms with Gasteiger partial charge < -0.3 is 19.9 Å². The van der Waals surface area contributed by atoms with Crippen molar-refractivity contribution >= 4 is 11.0 Å². The molecule has 1 aromatic rings. The van der Waals surface area contributed by atoms with E-state index in [1.165, 1.54) is 0 Å². The van der Waals surface area contributed by atoms with Crippen molar-refractivity contribution in [3.05, 3.63) is 44.1 Å². The lowest BCUT2D eigenvalue weighted by Crippen LogP contribution is -2.32. The maximum absolute atomic E-state index is 12.2. The number of aromatic amines is 1. The van der Waals surface area contributed by atoms with Gasteiger partial charge in [-0.25, -0.2) is 9.78 Å². The molecule has 27 heavy (non-hydrogen) atoms. The van der Waals surface area contributed by atoms with Gasteiger partial charge in [-0.1, -0.05) is 6.92 Å². The van der Waals surface area contributed by atoms with Gasteiger partial charge in [0.05, 0.1) is 23.7 Å². The monoisotopic (exact) mass is 374 g/mol. The molecular weight excluding hydrogens is 352 g/mol. The number of nitrogens with one attached hydrogen (secondary N) is 1. The zero-order chi connectivity index (χ0) is 19.7. The van der Waals surface area contributed by atoms with Crippen molar-refractivity contribution in [1.29, 1.82) is 0 Å². The number of H-pyrrole nitrogens is 1. The van der Waals surface area contributed by atoms with Gasteiger partial charge in [0.25, 0.3) is 5.56 Å². The second kappa shape index (κ2) is 7.55. The summed E-state index contributed by atoms with van der Waals surface area (Å²) in [4.78, 5) is 34.3. The Balaban J connectivity index is 2.24. The minimum atomic E-state index is -1.27. The van der Waals surface area contributed by atoms with Crippen LogP contribution in [0.25, 0.3) is 22.6 Å². The molecule has 2 atom stereocenters. The first-order chi connectivity index (χ1) is 12.8. The van der Waals surface area contributed by atoms with Gasteiger partial charge in [0, 0.05) is 6.54 Å². The fourth-order valence-corrected chi connectivity index (χ4v) is 3.17. The molecule has 1 aromatic carbocycles. The Labute approximate surface area is 154 Å². The molecule has 0 saturated carbocycles. The Hall–Kier alpha value is -2.62. The molecule has 2 aliphatic rings. The molecule has 0 saturated heterocycles. The maximum Gasteiger partial charge on any atom is 0.349 e. The van der Waals surface area contributed by atoms with Crippen LogP contribution in [0.1, 0.15) is 24.5 Å². The molecule has 0 amide bonds. The Morgan fingerprint density at radius 1 is 1.19 bits per heavy atom. The second-order valence-electron chi connectivity index (χ2n) is 6.53. The number of aromatic nitrogens is 4. The van der Waals surface area contributed by atoms with Gasteiger partial charge in [-0.2, -0.15) is 4.98 Å². The van der Waals surface area contributed by atoms with Crippen LogP contribution in [-0.4, -0.2) is 53.7 Å². The van der Waals surface area contributed by atoms with E-state index in [0.717, 1.165) is 17.5 Å². The minimum absolute atomic E-state index is 0.0305. The Morgan fingerprint density at radius 3 is 2.59 bits per heavy atom. The van der Waals surface area contributed by atoms with Crippen molar-refractivity contribution in [2.75, 3.05) is 6.61 Å². The van der Waals surface area contributed by atoms with Gasteiger partial charge in [-0.05, 0) is 43.0 Å². The number of hydrogen-bond acceptors (Lipinski definition) is 7. The van der Waals surface area contributed by atoms with Crippen LogP contribution in [0.15, 0.2) is 21.7 Å². The fraction of sp³-hybridized carbons (Fsp3) is 0.444. The van der Waals surface area contributed by atoms with Crippen LogP contribution in [0.2, 0.25) is 0 Å². The lowest BCUT2D eigenvalue weighted by molar-refractivity contribution is -0.0191. The molecule has 0 spiro atoms. The highest BCUT2D eigenvalue weighted by Gasteiger charge is 2.21. The standard InChI is InChI=1S/C18H22N4O5/c1-3-10-7-12-11(6-9(10)2)19-15-16(20-18(27)21-17(15)26)22(12)5-4-13(24)14(25)8-23/h6-7,13-14,23-25H,3-5,8H2,1-2H3,(H,21,26,27). The highest BCUT2D eigenvalue weighted by Crippen LogP contribution is 2.25. The summed E-state index contributed by atoms with van der Waals surface area (Å²) in [6.45, 7) is 3.59. The molecule has 2 heterocycles. The van der Waals surface area contributed by atoms with Crippen molar-refractivity contribution in [3.8, 4) is 11.5 Å². The zero-order valence-electron chi connectivity index (χ0n) is 15.1. The average molecular weight is 374 g/mol. The first-order valence-electron chi connectivity index (χ1n) is 8.76. The van der Waals surface area contributed by atoms with E-state index >= 15 is 0 Å². The summed E-state index contributed by atoms with van der Waals surface area (Å²) in [5.41, 5.74) is 1.98. The van der Waals surface area contributed by atoms with Gasteiger partial charge in [0.2, 0.25) is 0 Å². The predicted molar refractivity (Wildman–Crippen MR) is 98.9 cm³/mol. The quantitative estimate of drug-likeness (QED) is 0.429. The van der Waals surface area contributed by atoms with Crippen molar-refractivity contribution in [2.45, 2.75) is 45.4 Å². The van der Waals surface area contributed by atoms with Gasteiger partial charge in [0.1, 0.15) is 6.10 Å². The molecule has 0 fully saturated rings. The Bertz CT molecular complexity index is 1060. The van der Waals surface area contributed by atoms with E-state index in [1.54, 1.807) is 4.57 Å². The van der Waals surface area contributed by atoms with Gasteiger partial charge in [-0.15, -0.1) is 0 Å². The van der Waals surface area contributed by atoms with Crippen LogP contribution in [0, 0.1) is 6.92 Å². The number of aryl methyl sites for hydroxylation is 3. The van der Waals surface area contributed by atoms with E-state index in [2.05, 4.69) is 15.0 Å². The van der Waals surface area contributed by atoms with E-state index in [9.17, 15) is 19.8 Å². The summed E-state index contributed by atoms with van der Waals surface area (Å²) >= 11 is 0. The van der Waals surface area contributed by atoms with Crippen LogP contribution in [0.5, 0.6) is 0 Å². The summed E-state index contributed by atoms with van der Waals surface area (Å²) in [5.74, 6) is 0.118. The highest BCUT2D eigenvalue weighted by atomic mass is 16.4. The van der Waals surface area contributed by atoms with Crippen LogP contribution >= 0.6 is 0 Å². The fourth-order valence-electron chi connectivity index (χ4n) is 3.17. The first-order valence-corrected chi connectivity index (χ1v) is 8.76. The number of benzene rings is 1. The molecule has 2 unspecified atom stereocenters. The summed E-state index contributed by atoms with van der Waals surface area (Å²) < 4.78 is 1.65. The van der Waals surface area contributed by atoms with E-state index in [4.69, 9.17) is 5.11 Å². The molecule has 2 aliphatic heterocycles. The average Bonchev–Trinajstić information content (AvgIpc) is 2.64. The molecule has 9 nitrogen and oxygen atoms in total. The largest absolute Gasteiger partial charge is 0.394 e. The zero-order valence-corrected chi connectivity index (χ0v) is 15.1. The van der Waals surface area contributed by atoms with E-state index in [0.29, 0.717) is 11.0 Å². The first kappa shape index (κ1) is 19.2. The Morgan fingerprint density at radius 2 is 1.93 bits per heavy atom. The third-order valence-corrected chi connectivity index (χ3v) is 4.73. The SMILES string of the molecule is CCc1cc2c(cc1C)nc1c(=O)[nH]c(=O)nc-1n2CCC(O)C(O)CO. The van der Waals surface area contributed by atoms with Gasteiger partial charge in [-0.3, -0.25) is 9.78 Å².